The number of anilines is 2. The van der Waals surface area contributed by atoms with Crippen LogP contribution in [0.4, 0.5) is 24.5 Å². The molecule has 2 atom stereocenters. The van der Waals surface area contributed by atoms with Crippen LogP contribution in [0.1, 0.15) is 31.2 Å². The van der Waals surface area contributed by atoms with Gasteiger partial charge in [-0.3, -0.25) is 14.9 Å². The molecule has 0 aromatic heterocycles. The van der Waals surface area contributed by atoms with E-state index in [1.165, 1.54) is 6.07 Å². The highest BCUT2D eigenvalue weighted by atomic mass is 19.4. The molecule has 2 unspecified atom stereocenters. The smallest absolute Gasteiger partial charge is 0.370 e. The van der Waals surface area contributed by atoms with Crippen LogP contribution in [-0.4, -0.2) is 30.0 Å². The number of amides is 1. The second-order valence-corrected chi connectivity index (χ2v) is 6.46. The molecule has 0 spiro atoms. The standard InChI is InChI=1S/C16H18F3N3O3/c17-16(18,19)10-4-5-13(21-6-2-1-3-7-21)12(8-10)20-15(23)11-9-14(11)22(24)25/h4-5,8,11,14H,1-3,6-7,9H2,(H,20,23). The third kappa shape index (κ3) is 3.85. The minimum Gasteiger partial charge on any atom is -0.370 e. The van der Waals surface area contributed by atoms with E-state index in [0.29, 0.717) is 18.8 Å². The van der Waals surface area contributed by atoms with Gasteiger partial charge in [-0.15, -0.1) is 0 Å². The van der Waals surface area contributed by atoms with E-state index in [9.17, 15) is 28.1 Å². The molecule has 1 saturated carbocycles. The first-order valence-corrected chi connectivity index (χ1v) is 8.18. The zero-order valence-corrected chi connectivity index (χ0v) is 13.4. The van der Waals surface area contributed by atoms with E-state index in [2.05, 4.69) is 5.32 Å². The summed E-state index contributed by atoms with van der Waals surface area (Å²) in [5.74, 6) is -1.38. The van der Waals surface area contributed by atoms with E-state index in [-0.39, 0.29) is 12.1 Å². The molecule has 3 rings (SSSR count). The van der Waals surface area contributed by atoms with Crippen LogP contribution in [0, 0.1) is 16.0 Å². The second kappa shape index (κ2) is 6.53. The molecule has 1 heterocycles. The molecule has 1 amide bonds. The largest absolute Gasteiger partial charge is 0.416 e. The minimum absolute atomic E-state index is 0.0655. The van der Waals surface area contributed by atoms with E-state index in [0.717, 1.165) is 31.4 Å². The van der Waals surface area contributed by atoms with Crippen LogP contribution in [0.5, 0.6) is 0 Å². The summed E-state index contributed by atoms with van der Waals surface area (Å²) in [5, 5.41) is 13.2. The number of rotatable bonds is 4. The van der Waals surface area contributed by atoms with Gasteiger partial charge in [0.2, 0.25) is 11.9 Å². The number of alkyl halides is 3. The average Bonchev–Trinajstić information content (AvgIpc) is 3.36. The number of nitro groups is 1. The number of nitrogens with one attached hydrogen (secondary N) is 1. The molecule has 1 saturated heterocycles. The summed E-state index contributed by atoms with van der Waals surface area (Å²) in [7, 11) is 0. The zero-order valence-electron chi connectivity index (χ0n) is 13.4. The number of piperidine rings is 1. The Morgan fingerprint density at radius 3 is 2.48 bits per heavy atom. The van der Waals surface area contributed by atoms with Crippen molar-refractivity contribution in [1.82, 2.24) is 0 Å². The molecular formula is C16H18F3N3O3. The summed E-state index contributed by atoms with van der Waals surface area (Å²) >= 11 is 0. The molecule has 2 aliphatic rings. The highest BCUT2D eigenvalue weighted by Crippen LogP contribution is 2.38. The summed E-state index contributed by atoms with van der Waals surface area (Å²) < 4.78 is 39.0. The number of halogens is 3. The van der Waals surface area contributed by atoms with Gasteiger partial charge in [-0.2, -0.15) is 13.2 Å². The molecular weight excluding hydrogens is 339 g/mol. The molecule has 0 radical (unpaired) electrons. The van der Waals surface area contributed by atoms with Crippen molar-refractivity contribution in [1.29, 1.82) is 0 Å². The van der Waals surface area contributed by atoms with E-state index in [1.54, 1.807) is 0 Å². The Morgan fingerprint density at radius 1 is 1.24 bits per heavy atom. The first kappa shape index (κ1) is 17.5. The molecule has 6 nitrogen and oxygen atoms in total. The fourth-order valence-electron chi connectivity index (χ4n) is 3.14. The molecule has 1 aromatic carbocycles. The normalized spacial score (nSPS) is 23.2. The maximum Gasteiger partial charge on any atom is 0.416 e. The lowest BCUT2D eigenvalue weighted by Gasteiger charge is -2.31. The first-order valence-electron chi connectivity index (χ1n) is 8.18. The molecule has 0 bridgehead atoms. The summed E-state index contributed by atoms with van der Waals surface area (Å²) in [6.45, 7) is 1.41. The molecule has 1 aliphatic carbocycles. The van der Waals surface area contributed by atoms with Gasteiger partial charge in [-0.25, -0.2) is 0 Å². The van der Waals surface area contributed by atoms with Crippen LogP contribution in [0.2, 0.25) is 0 Å². The lowest BCUT2D eigenvalue weighted by atomic mass is 10.1. The number of carbonyl (C=O) groups is 1. The van der Waals surface area contributed by atoms with Gasteiger partial charge >= 0.3 is 6.18 Å². The average molecular weight is 357 g/mol. The summed E-state index contributed by atoms with van der Waals surface area (Å²) in [6, 6.07) is 2.33. The van der Waals surface area contributed by atoms with E-state index in [4.69, 9.17) is 0 Å². The molecule has 1 N–H and O–H groups in total. The highest BCUT2D eigenvalue weighted by Gasteiger charge is 2.53. The lowest BCUT2D eigenvalue weighted by Crippen LogP contribution is -2.31. The number of hydrogen-bond donors (Lipinski definition) is 1. The molecule has 136 valence electrons. The van der Waals surface area contributed by atoms with Gasteiger partial charge in [0.1, 0.15) is 5.92 Å². The monoisotopic (exact) mass is 357 g/mol. The topological polar surface area (TPSA) is 75.5 Å². The fraction of sp³-hybridized carbons (Fsp3) is 0.562. The van der Waals surface area contributed by atoms with Gasteiger partial charge in [0.25, 0.3) is 0 Å². The predicted octanol–water partition coefficient (Wildman–Crippen LogP) is 3.30. The van der Waals surface area contributed by atoms with Crippen molar-refractivity contribution in [2.24, 2.45) is 5.92 Å². The van der Waals surface area contributed by atoms with Crippen LogP contribution in [-0.2, 0) is 11.0 Å². The van der Waals surface area contributed by atoms with Gasteiger partial charge in [0.05, 0.1) is 16.9 Å². The Kier molecular flexibility index (Phi) is 4.57. The van der Waals surface area contributed by atoms with Crippen LogP contribution in [0.15, 0.2) is 18.2 Å². The maximum absolute atomic E-state index is 13.0. The SMILES string of the molecule is O=C(Nc1cc(C(F)(F)F)ccc1N1CCCCC1)C1CC1[N+](=O)[O-]. The summed E-state index contributed by atoms with van der Waals surface area (Å²) in [4.78, 5) is 24.3. The Morgan fingerprint density at radius 2 is 1.92 bits per heavy atom. The van der Waals surface area contributed by atoms with Crippen molar-refractivity contribution in [2.45, 2.75) is 37.9 Å². The number of carbonyl (C=O) groups excluding carboxylic acids is 1. The Balaban J connectivity index is 1.85. The van der Waals surface area contributed by atoms with Gasteiger partial charge in [-0.05, 0) is 37.5 Å². The number of hydrogen-bond acceptors (Lipinski definition) is 4. The van der Waals surface area contributed by atoms with Crippen molar-refractivity contribution in [3.8, 4) is 0 Å². The predicted molar refractivity (Wildman–Crippen MR) is 85.0 cm³/mol. The molecule has 2 fully saturated rings. The van der Waals surface area contributed by atoms with Gasteiger partial charge < -0.3 is 10.2 Å². The Labute approximate surface area is 142 Å². The van der Waals surface area contributed by atoms with Crippen LogP contribution < -0.4 is 10.2 Å². The van der Waals surface area contributed by atoms with Crippen LogP contribution in [0.25, 0.3) is 0 Å². The van der Waals surface area contributed by atoms with E-state index in [1.807, 2.05) is 4.90 Å². The van der Waals surface area contributed by atoms with Crippen LogP contribution >= 0.6 is 0 Å². The fourth-order valence-corrected chi connectivity index (χ4v) is 3.14. The van der Waals surface area contributed by atoms with Gasteiger partial charge in [-0.1, -0.05) is 0 Å². The molecule has 9 heteroatoms. The Hall–Kier alpha value is -2.32. The highest BCUT2D eigenvalue weighted by molar-refractivity contribution is 5.97. The summed E-state index contributed by atoms with van der Waals surface area (Å²) in [6.07, 6.45) is -1.48. The van der Waals surface area contributed by atoms with Crippen LogP contribution in [0.3, 0.4) is 0 Å². The van der Waals surface area contributed by atoms with E-state index < -0.39 is 34.5 Å². The molecule has 1 aromatic rings. The van der Waals surface area contributed by atoms with Gasteiger partial charge in [0, 0.05) is 24.4 Å². The molecule has 25 heavy (non-hydrogen) atoms. The first-order chi connectivity index (χ1) is 11.8. The van der Waals surface area contributed by atoms with Gasteiger partial charge in [0.15, 0.2) is 0 Å². The third-order valence-corrected chi connectivity index (χ3v) is 4.64. The van der Waals surface area contributed by atoms with Crippen molar-refractivity contribution in [3.63, 3.8) is 0 Å². The molecule has 1 aliphatic heterocycles. The quantitative estimate of drug-likeness (QED) is 0.663. The van der Waals surface area contributed by atoms with E-state index >= 15 is 0 Å². The summed E-state index contributed by atoms with van der Waals surface area (Å²) in [5.41, 5.74) is -0.264. The van der Waals surface area contributed by atoms with Crippen molar-refractivity contribution in [3.05, 3.63) is 33.9 Å². The number of benzene rings is 1. The maximum atomic E-state index is 13.0. The van der Waals surface area contributed by atoms with Crippen molar-refractivity contribution < 1.29 is 22.9 Å². The Bertz CT molecular complexity index is 687. The van der Waals surface area contributed by atoms with Crippen molar-refractivity contribution in [2.75, 3.05) is 23.3 Å². The third-order valence-electron chi connectivity index (χ3n) is 4.64. The number of nitrogens with zero attached hydrogens (tertiary/aromatic N) is 2. The van der Waals surface area contributed by atoms with Crippen molar-refractivity contribution >= 4 is 17.3 Å². The second-order valence-electron chi connectivity index (χ2n) is 6.46. The lowest BCUT2D eigenvalue weighted by molar-refractivity contribution is -0.497. The minimum atomic E-state index is -4.52. The zero-order chi connectivity index (χ0) is 18.2.